The monoisotopic (exact) mass is 470 g/mol. The predicted octanol–water partition coefficient (Wildman–Crippen LogP) is 2.51. The van der Waals surface area contributed by atoms with E-state index in [0.29, 0.717) is 0 Å². The Morgan fingerprint density at radius 3 is 2.09 bits per heavy atom. The predicted molar refractivity (Wildman–Crippen MR) is 114 cm³/mol. The van der Waals surface area contributed by atoms with Crippen LogP contribution in [0.15, 0.2) is 35.2 Å². The van der Waals surface area contributed by atoms with Crippen molar-refractivity contribution in [3.63, 3.8) is 0 Å². The van der Waals surface area contributed by atoms with Gasteiger partial charge >= 0.3 is 11.9 Å². The van der Waals surface area contributed by atoms with E-state index in [1.54, 1.807) is 13.8 Å². The van der Waals surface area contributed by atoms with Gasteiger partial charge in [-0.2, -0.15) is 0 Å². The van der Waals surface area contributed by atoms with E-state index in [1.165, 1.54) is 39.8 Å². The van der Waals surface area contributed by atoms with Crippen LogP contribution in [0.1, 0.15) is 27.7 Å². The zero-order valence-electron chi connectivity index (χ0n) is 19.1. The van der Waals surface area contributed by atoms with Gasteiger partial charge < -0.3 is 33.2 Å². The maximum absolute atomic E-state index is 11.9. The van der Waals surface area contributed by atoms with Gasteiger partial charge in [-0.15, -0.1) is 0 Å². The van der Waals surface area contributed by atoms with Gasteiger partial charge in [0.05, 0.1) is 0 Å². The smallest absolute Gasteiger partial charge is 0.303 e. The lowest BCUT2D eigenvalue weighted by Gasteiger charge is -2.56. The van der Waals surface area contributed by atoms with Crippen molar-refractivity contribution in [1.82, 2.24) is 0 Å². The van der Waals surface area contributed by atoms with Gasteiger partial charge in [0.15, 0.2) is 6.10 Å². The average molecular weight is 471 g/mol. The van der Waals surface area contributed by atoms with E-state index in [9.17, 15) is 9.59 Å². The topological polar surface area (TPSA) is 98.8 Å². The van der Waals surface area contributed by atoms with Crippen molar-refractivity contribution in [2.75, 3.05) is 20.8 Å². The van der Waals surface area contributed by atoms with E-state index >= 15 is 0 Å². The van der Waals surface area contributed by atoms with Crippen molar-refractivity contribution in [1.29, 1.82) is 0 Å². The molecule has 9 nitrogen and oxygen atoms in total. The number of methoxy groups -OCH3 is 2. The molecule has 2 aliphatic heterocycles. The number of ether oxygens (including phenoxy) is 7. The van der Waals surface area contributed by atoms with Crippen LogP contribution in [0.5, 0.6) is 0 Å². The van der Waals surface area contributed by atoms with E-state index in [0.717, 1.165) is 4.90 Å². The molecule has 32 heavy (non-hydrogen) atoms. The van der Waals surface area contributed by atoms with Crippen molar-refractivity contribution in [2.45, 2.75) is 74.0 Å². The summed E-state index contributed by atoms with van der Waals surface area (Å²) in [6.45, 7) is 5.88. The molecule has 7 atom stereocenters. The number of hydrogen-bond donors (Lipinski definition) is 0. The standard InChI is InChI=1S/C22H30O9S/c1-13(23)27-12-16-17(28-14(2)24)18-19(20(29-16)32-15-10-8-7-9-11-15)31-22(4,26-6)21(3,25-5)30-18/h7-11,16-20H,12H2,1-6H3/t16?,17-,18?,19?,20+,21?,22?/m0/s1. The summed E-state index contributed by atoms with van der Waals surface area (Å²) in [4.78, 5) is 24.3. The Morgan fingerprint density at radius 2 is 1.56 bits per heavy atom. The third-order valence-corrected chi connectivity index (χ3v) is 6.82. The summed E-state index contributed by atoms with van der Waals surface area (Å²) >= 11 is 1.42. The Balaban J connectivity index is 1.99. The molecule has 3 rings (SSSR count). The Labute approximate surface area is 191 Å². The van der Waals surface area contributed by atoms with Crippen LogP contribution in [0.3, 0.4) is 0 Å². The molecule has 0 aliphatic carbocycles. The summed E-state index contributed by atoms with van der Waals surface area (Å²) in [5, 5.41) is 0. The SMILES string of the molecule is COC1(C)OC2C(OC1(C)OC)[C@@H](Sc1ccccc1)OC(COC(C)=O)[C@@H]2OC(C)=O. The molecule has 0 amide bonds. The first-order valence-corrected chi connectivity index (χ1v) is 11.1. The molecule has 0 saturated carbocycles. The quantitative estimate of drug-likeness (QED) is 0.553. The summed E-state index contributed by atoms with van der Waals surface area (Å²) in [6.07, 6.45) is -3.14. The van der Waals surface area contributed by atoms with Crippen LogP contribution < -0.4 is 0 Å². The molecule has 10 heteroatoms. The van der Waals surface area contributed by atoms with Crippen molar-refractivity contribution in [2.24, 2.45) is 0 Å². The number of rotatable bonds is 7. The van der Waals surface area contributed by atoms with Crippen molar-refractivity contribution in [3.05, 3.63) is 30.3 Å². The lowest BCUT2D eigenvalue weighted by molar-refractivity contribution is -0.467. The summed E-state index contributed by atoms with van der Waals surface area (Å²) in [5.41, 5.74) is -0.578. The van der Waals surface area contributed by atoms with Gasteiger partial charge in [-0.05, 0) is 26.0 Å². The molecule has 5 unspecified atom stereocenters. The second-order valence-electron chi connectivity index (χ2n) is 7.82. The molecule has 1 aromatic carbocycles. The van der Waals surface area contributed by atoms with E-state index in [1.807, 2.05) is 30.3 Å². The fourth-order valence-electron chi connectivity index (χ4n) is 3.73. The summed E-state index contributed by atoms with van der Waals surface area (Å²) in [6, 6.07) is 9.64. The fraction of sp³-hybridized carbons (Fsp3) is 0.636. The molecule has 2 aliphatic rings. The number of esters is 2. The van der Waals surface area contributed by atoms with E-state index in [2.05, 4.69) is 0 Å². The number of thioether (sulfide) groups is 1. The third-order valence-electron chi connectivity index (χ3n) is 5.67. The highest BCUT2D eigenvalue weighted by molar-refractivity contribution is 7.99. The minimum Gasteiger partial charge on any atom is -0.463 e. The van der Waals surface area contributed by atoms with Crippen LogP contribution in [0.4, 0.5) is 0 Å². The van der Waals surface area contributed by atoms with Gasteiger partial charge in [0, 0.05) is 33.0 Å². The molecule has 2 heterocycles. The number of fused-ring (bicyclic) bond motifs is 1. The first-order valence-electron chi connectivity index (χ1n) is 10.3. The van der Waals surface area contributed by atoms with Gasteiger partial charge in [0.25, 0.3) is 0 Å². The van der Waals surface area contributed by atoms with Crippen molar-refractivity contribution >= 4 is 23.7 Å². The second-order valence-corrected chi connectivity index (χ2v) is 8.99. The maximum atomic E-state index is 11.9. The summed E-state index contributed by atoms with van der Waals surface area (Å²) in [5.74, 6) is -3.58. The Bertz CT molecular complexity index is 806. The normalized spacial score (nSPS) is 36.8. The number of benzene rings is 1. The first kappa shape index (κ1) is 24.9. The van der Waals surface area contributed by atoms with Gasteiger partial charge in [-0.25, -0.2) is 0 Å². The minimum atomic E-state index is -1.31. The number of carbonyl (C=O) groups is 2. The minimum absolute atomic E-state index is 0.114. The van der Waals surface area contributed by atoms with Crippen LogP contribution in [-0.4, -0.2) is 74.2 Å². The zero-order valence-corrected chi connectivity index (χ0v) is 19.9. The summed E-state index contributed by atoms with van der Waals surface area (Å²) < 4.78 is 41.1. The highest BCUT2D eigenvalue weighted by atomic mass is 32.2. The van der Waals surface area contributed by atoms with E-state index in [-0.39, 0.29) is 6.61 Å². The highest BCUT2D eigenvalue weighted by Crippen LogP contribution is 2.47. The fourth-order valence-corrected chi connectivity index (χ4v) is 4.86. The Hall–Kier alpha value is -1.69. The zero-order chi connectivity index (χ0) is 23.5. The van der Waals surface area contributed by atoms with E-state index < -0.39 is 53.4 Å². The van der Waals surface area contributed by atoms with E-state index in [4.69, 9.17) is 33.2 Å². The van der Waals surface area contributed by atoms with Crippen LogP contribution in [0.2, 0.25) is 0 Å². The molecule has 0 N–H and O–H groups in total. The van der Waals surface area contributed by atoms with Crippen LogP contribution >= 0.6 is 11.8 Å². The third kappa shape index (κ3) is 5.11. The molecule has 2 saturated heterocycles. The average Bonchev–Trinajstić information content (AvgIpc) is 2.76. The molecule has 0 bridgehead atoms. The molecule has 0 spiro atoms. The van der Waals surface area contributed by atoms with Gasteiger partial charge in [0.1, 0.15) is 30.4 Å². The lowest BCUT2D eigenvalue weighted by atomic mass is 9.95. The molecule has 178 valence electrons. The summed E-state index contributed by atoms with van der Waals surface area (Å²) in [7, 11) is 2.98. The second kappa shape index (κ2) is 10.1. The van der Waals surface area contributed by atoms with Crippen molar-refractivity contribution < 1.29 is 42.7 Å². The molecule has 1 aromatic rings. The van der Waals surface area contributed by atoms with Gasteiger partial charge in [0.2, 0.25) is 11.6 Å². The van der Waals surface area contributed by atoms with Crippen molar-refractivity contribution in [3.8, 4) is 0 Å². The molecular formula is C22H30O9S. The number of carbonyl (C=O) groups excluding carboxylic acids is 2. The first-order chi connectivity index (χ1) is 15.1. The number of hydrogen-bond acceptors (Lipinski definition) is 10. The van der Waals surface area contributed by atoms with Crippen LogP contribution in [-0.2, 0) is 42.7 Å². The maximum Gasteiger partial charge on any atom is 0.303 e. The molecule has 2 fully saturated rings. The van der Waals surface area contributed by atoms with Crippen LogP contribution in [0.25, 0.3) is 0 Å². The molecular weight excluding hydrogens is 440 g/mol. The lowest BCUT2D eigenvalue weighted by Crippen LogP contribution is -2.72. The molecule has 0 aromatic heterocycles. The Morgan fingerprint density at radius 1 is 0.969 bits per heavy atom. The van der Waals surface area contributed by atoms with Gasteiger partial charge in [-0.3, -0.25) is 9.59 Å². The molecule has 0 radical (unpaired) electrons. The van der Waals surface area contributed by atoms with Crippen LogP contribution in [0, 0.1) is 0 Å². The van der Waals surface area contributed by atoms with Gasteiger partial charge in [-0.1, -0.05) is 30.0 Å². The highest BCUT2D eigenvalue weighted by Gasteiger charge is 2.63. The largest absolute Gasteiger partial charge is 0.463 e. The Kier molecular flexibility index (Phi) is 7.85.